The van der Waals surface area contributed by atoms with Crippen LogP contribution in [0.3, 0.4) is 0 Å². The van der Waals surface area contributed by atoms with Crippen molar-refractivity contribution in [3.63, 3.8) is 0 Å². The predicted molar refractivity (Wildman–Crippen MR) is 91.4 cm³/mol. The Morgan fingerprint density at radius 2 is 1.88 bits per heavy atom. The molecule has 0 bridgehead atoms. The monoisotopic (exact) mass is 346 g/mol. The van der Waals surface area contributed by atoms with Crippen LogP contribution in [-0.2, 0) is 14.4 Å². The molecule has 0 aromatic heterocycles. The maximum Gasteiger partial charge on any atom is 0.337 e. The second-order valence-electron chi connectivity index (χ2n) is 4.65. The van der Waals surface area contributed by atoms with Crippen molar-refractivity contribution >= 4 is 35.4 Å². The summed E-state index contributed by atoms with van der Waals surface area (Å²) in [5.41, 5.74) is 1.67. The van der Waals surface area contributed by atoms with E-state index in [9.17, 15) is 9.59 Å². The molecule has 0 heterocycles. The number of benzene rings is 2. The number of rotatable bonds is 6. The smallest absolute Gasteiger partial charge is 0.337 e. The van der Waals surface area contributed by atoms with Crippen molar-refractivity contribution in [3.05, 3.63) is 64.7 Å². The Morgan fingerprint density at radius 3 is 2.54 bits per heavy atom. The van der Waals surface area contributed by atoms with Gasteiger partial charge in [0.15, 0.2) is 6.61 Å². The Labute approximate surface area is 144 Å². The fourth-order valence-electron chi connectivity index (χ4n) is 1.77. The lowest BCUT2D eigenvalue weighted by Gasteiger charge is -2.05. The maximum absolute atomic E-state index is 11.7. The van der Waals surface area contributed by atoms with Gasteiger partial charge in [0.1, 0.15) is 0 Å². The average Bonchev–Trinajstić information content (AvgIpc) is 2.60. The largest absolute Gasteiger partial charge is 0.465 e. The molecule has 0 fully saturated rings. The van der Waals surface area contributed by atoms with Gasteiger partial charge < -0.3 is 14.9 Å². The molecule has 0 aliphatic heterocycles. The van der Waals surface area contributed by atoms with Gasteiger partial charge in [0.25, 0.3) is 5.91 Å². The van der Waals surface area contributed by atoms with Gasteiger partial charge in [0.2, 0.25) is 0 Å². The normalized spacial score (nSPS) is 10.4. The number of esters is 1. The van der Waals surface area contributed by atoms with Crippen LogP contribution in [-0.4, -0.2) is 31.8 Å². The number of carbonyl (C=O) groups is 2. The first-order valence-electron chi connectivity index (χ1n) is 6.98. The number of methoxy groups -OCH3 is 1. The SMILES string of the molecule is COC(=O)c1ccc(/C=N/OCC(=O)Nc2ccccc2Cl)cc1. The Balaban J connectivity index is 1.81. The quantitative estimate of drug-likeness (QED) is 0.495. The zero-order chi connectivity index (χ0) is 17.4. The summed E-state index contributed by atoms with van der Waals surface area (Å²) >= 11 is 5.94. The molecular weight excluding hydrogens is 332 g/mol. The van der Waals surface area contributed by atoms with Crippen LogP contribution in [0.25, 0.3) is 0 Å². The number of oxime groups is 1. The minimum Gasteiger partial charge on any atom is -0.465 e. The van der Waals surface area contributed by atoms with E-state index in [-0.39, 0.29) is 12.5 Å². The predicted octanol–water partition coefficient (Wildman–Crippen LogP) is 3.12. The lowest BCUT2D eigenvalue weighted by atomic mass is 10.1. The topological polar surface area (TPSA) is 77.0 Å². The number of para-hydroxylation sites is 1. The Hall–Kier alpha value is -2.86. The summed E-state index contributed by atoms with van der Waals surface area (Å²) < 4.78 is 4.61. The minimum absolute atomic E-state index is 0.248. The highest BCUT2D eigenvalue weighted by Gasteiger charge is 2.05. The molecule has 0 aliphatic carbocycles. The summed E-state index contributed by atoms with van der Waals surface area (Å²) in [5, 5.41) is 6.76. The van der Waals surface area contributed by atoms with Crippen LogP contribution in [0.4, 0.5) is 5.69 Å². The molecule has 2 aromatic rings. The first kappa shape index (κ1) is 17.5. The highest BCUT2D eigenvalue weighted by Crippen LogP contribution is 2.20. The zero-order valence-electron chi connectivity index (χ0n) is 12.9. The van der Waals surface area contributed by atoms with E-state index in [1.165, 1.54) is 13.3 Å². The number of anilines is 1. The molecule has 6 nitrogen and oxygen atoms in total. The Kier molecular flexibility index (Phi) is 6.33. The molecule has 1 amide bonds. The molecule has 0 unspecified atom stereocenters. The second kappa shape index (κ2) is 8.69. The Bertz CT molecular complexity index is 745. The molecule has 0 saturated carbocycles. The third kappa shape index (κ3) is 5.10. The molecule has 0 radical (unpaired) electrons. The number of amides is 1. The van der Waals surface area contributed by atoms with Crippen molar-refractivity contribution in [1.82, 2.24) is 0 Å². The number of hydrogen-bond donors (Lipinski definition) is 1. The summed E-state index contributed by atoms with van der Waals surface area (Å²) in [6.07, 6.45) is 1.43. The van der Waals surface area contributed by atoms with E-state index >= 15 is 0 Å². The van der Waals surface area contributed by atoms with Crippen LogP contribution in [0.1, 0.15) is 15.9 Å². The van der Waals surface area contributed by atoms with E-state index in [4.69, 9.17) is 16.4 Å². The highest BCUT2D eigenvalue weighted by atomic mass is 35.5. The van der Waals surface area contributed by atoms with Crippen LogP contribution < -0.4 is 5.32 Å². The summed E-state index contributed by atoms with van der Waals surface area (Å²) in [6.45, 7) is -0.248. The van der Waals surface area contributed by atoms with Gasteiger partial charge in [-0.1, -0.05) is 41.0 Å². The number of hydrogen-bond acceptors (Lipinski definition) is 5. The molecule has 0 saturated heterocycles. The minimum atomic E-state index is -0.411. The van der Waals surface area contributed by atoms with Crippen molar-refractivity contribution in [2.75, 3.05) is 19.0 Å². The lowest BCUT2D eigenvalue weighted by molar-refractivity contribution is -0.120. The van der Waals surface area contributed by atoms with E-state index in [1.54, 1.807) is 48.5 Å². The third-order valence-corrected chi connectivity index (χ3v) is 3.28. The van der Waals surface area contributed by atoms with Crippen LogP contribution in [0, 0.1) is 0 Å². The number of halogens is 1. The van der Waals surface area contributed by atoms with Crippen LogP contribution in [0.2, 0.25) is 5.02 Å². The molecule has 0 aliphatic rings. The summed E-state index contributed by atoms with van der Waals surface area (Å²) in [7, 11) is 1.32. The van der Waals surface area contributed by atoms with E-state index in [1.807, 2.05) is 0 Å². The molecule has 2 rings (SSSR count). The van der Waals surface area contributed by atoms with Crippen molar-refractivity contribution in [2.24, 2.45) is 5.16 Å². The number of nitrogens with zero attached hydrogens (tertiary/aromatic N) is 1. The van der Waals surface area contributed by atoms with Gasteiger partial charge in [-0.3, -0.25) is 4.79 Å². The second-order valence-corrected chi connectivity index (χ2v) is 5.06. The van der Waals surface area contributed by atoms with Gasteiger partial charge in [-0.2, -0.15) is 0 Å². The van der Waals surface area contributed by atoms with Crippen molar-refractivity contribution in [2.45, 2.75) is 0 Å². The standard InChI is InChI=1S/C17H15ClN2O4/c1-23-17(22)13-8-6-12(7-9-13)10-19-24-11-16(21)20-15-5-3-2-4-14(15)18/h2-10H,11H2,1H3,(H,20,21)/b19-10+. The number of carbonyl (C=O) groups excluding carboxylic acids is 2. The average molecular weight is 347 g/mol. The number of ether oxygens (including phenoxy) is 1. The van der Waals surface area contributed by atoms with Crippen LogP contribution in [0.15, 0.2) is 53.7 Å². The molecular formula is C17H15ClN2O4. The molecule has 7 heteroatoms. The zero-order valence-corrected chi connectivity index (χ0v) is 13.6. The van der Waals surface area contributed by atoms with Gasteiger partial charge in [0.05, 0.1) is 29.6 Å². The van der Waals surface area contributed by atoms with Gasteiger partial charge in [-0.25, -0.2) is 4.79 Å². The van der Waals surface area contributed by atoms with Crippen LogP contribution in [0.5, 0.6) is 0 Å². The van der Waals surface area contributed by atoms with E-state index in [0.29, 0.717) is 21.8 Å². The van der Waals surface area contributed by atoms with E-state index in [2.05, 4.69) is 15.2 Å². The molecule has 1 N–H and O–H groups in total. The van der Waals surface area contributed by atoms with Gasteiger partial charge in [-0.15, -0.1) is 0 Å². The first-order valence-corrected chi connectivity index (χ1v) is 7.36. The summed E-state index contributed by atoms with van der Waals surface area (Å²) in [5.74, 6) is -0.785. The molecule has 2 aromatic carbocycles. The van der Waals surface area contributed by atoms with Crippen LogP contribution >= 0.6 is 11.6 Å². The fraction of sp³-hybridized carbons (Fsp3) is 0.118. The summed E-state index contributed by atoms with van der Waals surface area (Å²) in [4.78, 5) is 27.9. The molecule has 124 valence electrons. The van der Waals surface area contributed by atoms with Gasteiger partial charge in [-0.05, 0) is 29.8 Å². The highest BCUT2D eigenvalue weighted by molar-refractivity contribution is 6.33. The van der Waals surface area contributed by atoms with Crippen molar-refractivity contribution < 1.29 is 19.2 Å². The van der Waals surface area contributed by atoms with E-state index in [0.717, 1.165) is 0 Å². The third-order valence-electron chi connectivity index (χ3n) is 2.95. The van der Waals surface area contributed by atoms with Gasteiger partial charge >= 0.3 is 5.97 Å². The van der Waals surface area contributed by atoms with Crippen molar-refractivity contribution in [3.8, 4) is 0 Å². The first-order chi connectivity index (χ1) is 11.6. The maximum atomic E-state index is 11.7. The van der Waals surface area contributed by atoms with E-state index < -0.39 is 5.97 Å². The summed E-state index contributed by atoms with van der Waals surface area (Å²) in [6, 6.07) is 13.5. The molecule has 24 heavy (non-hydrogen) atoms. The molecule has 0 atom stereocenters. The fourth-order valence-corrected chi connectivity index (χ4v) is 1.95. The van der Waals surface area contributed by atoms with Gasteiger partial charge in [0, 0.05) is 0 Å². The number of nitrogens with one attached hydrogen (secondary N) is 1. The van der Waals surface area contributed by atoms with Crippen molar-refractivity contribution in [1.29, 1.82) is 0 Å². The Morgan fingerprint density at radius 1 is 1.17 bits per heavy atom. The molecule has 0 spiro atoms. The lowest BCUT2D eigenvalue weighted by Crippen LogP contribution is -2.17.